The molecule has 0 spiro atoms. The number of nitrogens with one attached hydrogen (secondary N) is 2. The van der Waals surface area contributed by atoms with Crippen LogP contribution in [0.5, 0.6) is 0 Å². The summed E-state index contributed by atoms with van der Waals surface area (Å²) in [4.78, 5) is 10.4. The zero-order valence-electron chi connectivity index (χ0n) is 19.4. The molecule has 1 saturated carbocycles. The van der Waals surface area contributed by atoms with E-state index in [1.807, 2.05) is 23.3 Å². The average molecular weight is 478 g/mol. The van der Waals surface area contributed by atoms with Gasteiger partial charge in [-0.25, -0.2) is 4.68 Å². The minimum atomic E-state index is 0. The van der Waals surface area contributed by atoms with Crippen LogP contribution in [-0.4, -0.2) is 44.6 Å². The molecule has 1 aliphatic heterocycles. The molecule has 0 unspecified atom stereocenters. The van der Waals surface area contributed by atoms with E-state index in [1.165, 1.54) is 60.0 Å². The molecular formula is C26H32ClN7. The summed E-state index contributed by atoms with van der Waals surface area (Å²) in [5, 5.41) is 13.6. The first-order valence-corrected chi connectivity index (χ1v) is 12.2. The molecule has 0 atom stereocenters. The summed E-state index contributed by atoms with van der Waals surface area (Å²) in [6.07, 6.45) is 12.5. The van der Waals surface area contributed by atoms with Crippen molar-refractivity contribution in [1.29, 1.82) is 0 Å². The fourth-order valence-electron chi connectivity index (χ4n) is 4.95. The molecule has 1 aliphatic carbocycles. The highest BCUT2D eigenvalue weighted by atomic mass is 35.5. The lowest BCUT2D eigenvalue weighted by Gasteiger charge is -2.25. The summed E-state index contributed by atoms with van der Waals surface area (Å²) in [7, 11) is 0. The number of halogens is 1. The van der Waals surface area contributed by atoms with Gasteiger partial charge in [-0.1, -0.05) is 23.8 Å². The predicted octanol–water partition coefficient (Wildman–Crippen LogP) is 4.78. The van der Waals surface area contributed by atoms with Crippen molar-refractivity contribution >= 4 is 29.0 Å². The molecule has 1 saturated heterocycles. The second-order valence-corrected chi connectivity index (χ2v) is 9.57. The zero-order valence-corrected chi connectivity index (χ0v) is 20.2. The summed E-state index contributed by atoms with van der Waals surface area (Å²) < 4.78 is 1.91. The van der Waals surface area contributed by atoms with E-state index in [1.54, 1.807) is 0 Å². The first-order chi connectivity index (χ1) is 16.3. The second-order valence-electron chi connectivity index (χ2n) is 9.57. The molecule has 2 aliphatic rings. The lowest BCUT2D eigenvalue weighted by Crippen LogP contribution is -2.26. The Morgan fingerprint density at radius 2 is 1.91 bits per heavy atom. The highest BCUT2D eigenvalue weighted by molar-refractivity contribution is 5.85. The number of hydrogen-bond donors (Lipinski definition) is 2. The number of pyridine rings is 1. The monoisotopic (exact) mass is 477 g/mol. The van der Waals surface area contributed by atoms with Crippen molar-refractivity contribution in [3.8, 4) is 11.3 Å². The van der Waals surface area contributed by atoms with Gasteiger partial charge in [-0.3, -0.25) is 4.98 Å². The van der Waals surface area contributed by atoms with Gasteiger partial charge >= 0.3 is 0 Å². The van der Waals surface area contributed by atoms with Crippen molar-refractivity contribution in [2.45, 2.75) is 45.2 Å². The number of H-pyrrole nitrogens is 1. The standard InChI is InChI=1S/C26H31N7.ClH/c1-2-9-32(8-1)24-12-22(14-28-16-24)26-18-33(31-30-26)17-20-6-7-21-11-23(29-25(21)10-20)15-27-13-19-4-3-5-19;/h6-7,10-12,14,16,18-19,27,29H,1-5,8-9,13,15,17H2;1H. The van der Waals surface area contributed by atoms with Crippen LogP contribution in [0.25, 0.3) is 22.2 Å². The number of nitrogens with zero attached hydrogens (tertiary/aromatic N) is 5. The topological polar surface area (TPSA) is 74.7 Å². The van der Waals surface area contributed by atoms with Gasteiger partial charge < -0.3 is 15.2 Å². The van der Waals surface area contributed by atoms with Crippen LogP contribution in [0.2, 0.25) is 0 Å². The normalized spacial score (nSPS) is 16.1. The van der Waals surface area contributed by atoms with Crippen LogP contribution in [0.4, 0.5) is 5.69 Å². The predicted molar refractivity (Wildman–Crippen MR) is 138 cm³/mol. The van der Waals surface area contributed by atoms with Crippen LogP contribution in [0.1, 0.15) is 43.4 Å². The van der Waals surface area contributed by atoms with E-state index in [0.29, 0.717) is 6.54 Å². The first kappa shape index (κ1) is 22.9. The van der Waals surface area contributed by atoms with Gasteiger partial charge in [0.25, 0.3) is 0 Å². The largest absolute Gasteiger partial charge is 0.370 e. The Balaban J connectivity index is 0.00000241. The molecule has 7 nitrogen and oxygen atoms in total. The van der Waals surface area contributed by atoms with Gasteiger partial charge in [0.2, 0.25) is 0 Å². The molecule has 4 heterocycles. The molecule has 178 valence electrons. The maximum atomic E-state index is 4.45. The number of aromatic nitrogens is 5. The van der Waals surface area contributed by atoms with Gasteiger partial charge in [0, 0.05) is 42.6 Å². The van der Waals surface area contributed by atoms with Gasteiger partial charge in [0.05, 0.1) is 24.6 Å². The fraction of sp³-hybridized carbons (Fsp3) is 0.423. The number of rotatable bonds is 8. The number of benzene rings is 1. The van der Waals surface area contributed by atoms with E-state index >= 15 is 0 Å². The minimum absolute atomic E-state index is 0. The summed E-state index contributed by atoms with van der Waals surface area (Å²) in [6, 6.07) is 11.0. The molecule has 1 aromatic carbocycles. The van der Waals surface area contributed by atoms with Crippen LogP contribution in [0, 0.1) is 5.92 Å². The number of fused-ring (bicyclic) bond motifs is 1. The zero-order chi connectivity index (χ0) is 22.0. The third-order valence-corrected chi connectivity index (χ3v) is 7.09. The lowest BCUT2D eigenvalue weighted by molar-refractivity contribution is 0.301. The Morgan fingerprint density at radius 3 is 2.74 bits per heavy atom. The molecule has 0 radical (unpaired) electrons. The third-order valence-electron chi connectivity index (χ3n) is 7.09. The van der Waals surface area contributed by atoms with Crippen molar-refractivity contribution < 1.29 is 0 Å². The maximum absolute atomic E-state index is 4.45. The van der Waals surface area contributed by atoms with Crippen molar-refractivity contribution in [1.82, 2.24) is 30.3 Å². The Kier molecular flexibility index (Phi) is 6.83. The van der Waals surface area contributed by atoms with Crippen LogP contribution in [0.15, 0.2) is 48.9 Å². The second kappa shape index (κ2) is 10.2. The van der Waals surface area contributed by atoms with E-state index < -0.39 is 0 Å². The van der Waals surface area contributed by atoms with E-state index in [4.69, 9.17) is 0 Å². The van der Waals surface area contributed by atoms with Crippen molar-refractivity contribution in [3.63, 3.8) is 0 Å². The highest BCUT2D eigenvalue weighted by Crippen LogP contribution is 2.26. The number of anilines is 1. The minimum Gasteiger partial charge on any atom is -0.370 e. The maximum Gasteiger partial charge on any atom is 0.114 e. The molecule has 3 aromatic heterocycles. The first-order valence-electron chi connectivity index (χ1n) is 12.2. The molecule has 34 heavy (non-hydrogen) atoms. The van der Waals surface area contributed by atoms with Crippen LogP contribution >= 0.6 is 12.4 Å². The molecule has 0 bridgehead atoms. The average Bonchev–Trinajstić information content (AvgIpc) is 3.56. The summed E-state index contributed by atoms with van der Waals surface area (Å²) in [5.74, 6) is 0.882. The van der Waals surface area contributed by atoms with E-state index in [9.17, 15) is 0 Å². The van der Waals surface area contributed by atoms with Crippen LogP contribution < -0.4 is 10.2 Å². The fourth-order valence-corrected chi connectivity index (χ4v) is 4.95. The molecule has 8 heteroatoms. The van der Waals surface area contributed by atoms with Crippen molar-refractivity contribution in [2.24, 2.45) is 5.92 Å². The highest BCUT2D eigenvalue weighted by Gasteiger charge is 2.17. The number of aromatic amines is 1. The van der Waals surface area contributed by atoms with Gasteiger partial charge in [-0.05, 0) is 67.3 Å². The SMILES string of the molecule is Cl.c1cc2cc(CNCC3CCC3)[nH]c2cc1Cn1cc(-c2cncc(N3CCCC3)c2)nn1. The molecule has 2 N–H and O–H groups in total. The summed E-state index contributed by atoms with van der Waals surface area (Å²) in [5.41, 5.74) is 6.69. The summed E-state index contributed by atoms with van der Waals surface area (Å²) >= 11 is 0. The molecule has 0 amide bonds. The van der Waals surface area contributed by atoms with Crippen LogP contribution in [-0.2, 0) is 13.1 Å². The third kappa shape index (κ3) is 4.95. The Bertz CT molecular complexity index is 1240. The van der Waals surface area contributed by atoms with Gasteiger partial charge in [-0.2, -0.15) is 0 Å². The Morgan fingerprint density at radius 1 is 1.03 bits per heavy atom. The van der Waals surface area contributed by atoms with Crippen LogP contribution in [0.3, 0.4) is 0 Å². The Labute approximate surface area is 206 Å². The van der Waals surface area contributed by atoms with Gasteiger partial charge in [-0.15, -0.1) is 17.5 Å². The van der Waals surface area contributed by atoms with E-state index in [2.05, 4.69) is 60.8 Å². The van der Waals surface area contributed by atoms with Gasteiger partial charge in [0.15, 0.2) is 0 Å². The Hall–Kier alpha value is -2.90. The summed E-state index contributed by atoms with van der Waals surface area (Å²) in [6.45, 7) is 4.94. The lowest BCUT2D eigenvalue weighted by atomic mass is 9.85. The molecule has 2 fully saturated rings. The molecule has 6 rings (SSSR count). The van der Waals surface area contributed by atoms with E-state index in [0.717, 1.165) is 43.4 Å². The van der Waals surface area contributed by atoms with Crippen molar-refractivity contribution in [3.05, 3.63) is 60.2 Å². The van der Waals surface area contributed by atoms with Crippen molar-refractivity contribution in [2.75, 3.05) is 24.5 Å². The molecule has 4 aromatic rings. The van der Waals surface area contributed by atoms with Gasteiger partial charge in [0.1, 0.15) is 5.69 Å². The smallest absolute Gasteiger partial charge is 0.114 e. The quantitative estimate of drug-likeness (QED) is 0.382. The molecular weight excluding hydrogens is 446 g/mol. The number of hydrogen-bond acceptors (Lipinski definition) is 5. The van der Waals surface area contributed by atoms with E-state index in [-0.39, 0.29) is 12.4 Å².